The Morgan fingerprint density at radius 3 is 2.70 bits per heavy atom. The lowest BCUT2D eigenvalue weighted by atomic mass is 9.78. The van der Waals surface area contributed by atoms with Crippen molar-refractivity contribution in [1.82, 2.24) is 0 Å². The molecule has 0 heterocycles. The van der Waals surface area contributed by atoms with E-state index in [9.17, 15) is 5.26 Å². The summed E-state index contributed by atoms with van der Waals surface area (Å²) >= 11 is 12.3. The molecule has 1 unspecified atom stereocenters. The second kappa shape index (κ2) is 5.13. The number of rotatable bonds is 2. The maximum atomic E-state index is 9.76. The third-order valence-electron chi connectivity index (χ3n) is 4.09. The normalized spacial score (nSPS) is 20.4. The first-order chi connectivity index (χ1) is 9.66. The number of fused-ring (bicyclic) bond motifs is 1. The Kier molecular flexibility index (Phi) is 3.46. The molecule has 0 bridgehead atoms. The molecule has 0 saturated carbocycles. The molecule has 100 valence electrons. The summed E-state index contributed by atoms with van der Waals surface area (Å²) in [5, 5.41) is 10.9. The highest BCUT2D eigenvalue weighted by molar-refractivity contribution is 6.42. The van der Waals surface area contributed by atoms with E-state index in [4.69, 9.17) is 23.2 Å². The third kappa shape index (κ3) is 2.10. The van der Waals surface area contributed by atoms with Gasteiger partial charge in [-0.1, -0.05) is 59.6 Å². The molecule has 1 aliphatic rings. The van der Waals surface area contributed by atoms with Crippen LogP contribution in [-0.2, 0) is 18.3 Å². The molecule has 3 heteroatoms. The van der Waals surface area contributed by atoms with Crippen LogP contribution in [0.1, 0.15) is 23.1 Å². The number of halogens is 2. The summed E-state index contributed by atoms with van der Waals surface area (Å²) in [6.07, 6.45) is 2.40. The van der Waals surface area contributed by atoms with Crippen LogP contribution in [0.25, 0.3) is 0 Å². The van der Waals surface area contributed by atoms with Crippen molar-refractivity contribution in [3.05, 3.63) is 69.2 Å². The first-order valence-corrected chi connectivity index (χ1v) is 7.34. The number of nitrogens with zero attached hydrogens (tertiary/aromatic N) is 1. The molecule has 0 radical (unpaired) electrons. The number of aryl methyl sites for hydroxylation is 1. The van der Waals surface area contributed by atoms with E-state index in [-0.39, 0.29) is 0 Å². The summed E-state index contributed by atoms with van der Waals surface area (Å²) in [7, 11) is 0. The van der Waals surface area contributed by atoms with Crippen molar-refractivity contribution in [3.63, 3.8) is 0 Å². The lowest BCUT2D eigenvalue weighted by molar-refractivity contribution is 0.541. The van der Waals surface area contributed by atoms with E-state index in [0.29, 0.717) is 16.5 Å². The number of benzene rings is 2. The van der Waals surface area contributed by atoms with Crippen LogP contribution in [-0.4, -0.2) is 0 Å². The zero-order valence-electron chi connectivity index (χ0n) is 10.9. The Morgan fingerprint density at radius 1 is 1.10 bits per heavy atom. The van der Waals surface area contributed by atoms with Crippen molar-refractivity contribution in [2.75, 3.05) is 0 Å². The van der Waals surface area contributed by atoms with E-state index >= 15 is 0 Å². The van der Waals surface area contributed by atoms with Gasteiger partial charge in [-0.2, -0.15) is 5.26 Å². The molecule has 0 aliphatic heterocycles. The quantitative estimate of drug-likeness (QED) is 0.770. The van der Waals surface area contributed by atoms with Crippen molar-refractivity contribution in [2.24, 2.45) is 0 Å². The minimum atomic E-state index is -0.481. The Morgan fingerprint density at radius 2 is 1.90 bits per heavy atom. The fraction of sp³-hybridized carbons (Fsp3) is 0.235. The van der Waals surface area contributed by atoms with Crippen molar-refractivity contribution in [2.45, 2.75) is 24.7 Å². The molecule has 1 atom stereocenters. The summed E-state index contributed by atoms with van der Waals surface area (Å²) in [6, 6.07) is 16.3. The molecule has 0 N–H and O–H groups in total. The van der Waals surface area contributed by atoms with Gasteiger partial charge in [-0.05, 0) is 42.0 Å². The van der Waals surface area contributed by atoms with E-state index in [2.05, 4.69) is 18.2 Å². The van der Waals surface area contributed by atoms with Crippen LogP contribution in [0.15, 0.2) is 42.5 Å². The van der Waals surface area contributed by atoms with Gasteiger partial charge in [0.1, 0.15) is 0 Å². The Bertz CT molecular complexity index is 702. The molecule has 0 spiro atoms. The van der Waals surface area contributed by atoms with E-state index in [0.717, 1.165) is 24.0 Å². The van der Waals surface area contributed by atoms with Crippen molar-refractivity contribution in [3.8, 4) is 6.07 Å². The van der Waals surface area contributed by atoms with Gasteiger partial charge in [0.2, 0.25) is 0 Å². The summed E-state index contributed by atoms with van der Waals surface area (Å²) in [5.74, 6) is 0. The zero-order valence-corrected chi connectivity index (χ0v) is 12.4. The molecular weight excluding hydrogens is 289 g/mol. The first kappa shape index (κ1) is 13.5. The Hall–Kier alpha value is -1.49. The van der Waals surface area contributed by atoms with Gasteiger partial charge in [-0.15, -0.1) is 0 Å². The predicted molar refractivity (Wildman–Crippen MR) is 82.2 cm³/mol. The highest BCUT2D eigenvalue weighted by atomic mass is 35.5. The molecule has 0 aromatic heterocycles. The lowest BCUT2D eigenvalue weighted by Gasteiger charge is -2.23. The molecule has 1 aliphatic carbocycles. The average molecular weight is 302 g/mol. The Labute approximate surface area is 128 Å². The van der Waals surface area contributed by atoms with Crippen LogP contribution < -0.4 is 0 Å². The highest BCUT2D eigenvalue weighted by Gasteiger charge is 2.39. The summed E-state index contributed by atoms with van der Waals surface area (Å²) < 4.78 is 0. The SMILES string of the molecule is N#CC1(Cc2cccc(Cl)c2Cl)CCc2ccccc21. The molecule has 2 aromatic carbocycles. The van der Waals surface area contributed by atoms with Gasteiger partial charge < -0.3 is 0 Å². The zero-order chi connectivity index (χ0) is 14.2. The van der Waals surface area contributed by atoms with Crippen molar-refractivity contribution in [1.29, 1.82) is 5.26 Å². The molecular formula is C17H13Cl2N. The number of hydrogen-bond acceptors (Lipinski definition) is 1. The van der Waals surface area contributed by atoms with E-state index in [1.54, 1.807) is 6.07 Å². The fourth-order valence-electron chi connectivity index (χ4n) is 3.04. The van der Waals surface area contributed by atoms with Crippen LogP contribution in [0.2, 0.25) is 10.0 Å². The van der Waals surface area contributed by atoms with Gasteiger partial charge in [0.15, 0.2) is 0 Å². The minimum Gasteiger partial charge on any atom is -0.197 e. The van der Waals surface area contributed by atoms with Gasteiger partial charge in [0, 0.05) is 0 Å². The van der Waals surface area contributed by atoms with Crippen LogP contribution >= 0.6 is 23.2 Å². The molecule has 1 nitrogen and oxygen atoms in total. The Balaban J connectivity index is 2.05. The molecule has 3 rings (SSSR count). The number of hydrogen-bond donors (Lipinski definition) is 0. The van der Waals surface area contributed by atoms with Gasteiger partial charge >= 0.3 is 0 Å². The van der Waals surface area contributed by atoms with Gasteiger partial charge in [0.05, 0.1) is 21.5 Å². The second-order valence-corrected chi connectivity index (χ2v) is 6.03. The minimum absolute atomic E-state index is 0.481. The molecule has 20 heavy (non-hydrogen) atoms. The monoisotopic (exact) mass is 301 g/mol. The predicted octanol–water partition coefficient (Wildman–Crippen LogP) is 4.94. The van der Waals surface area contributed by atoms with Crippen LogP contribution in [0.5, 0.6) is 0 Å². The first-order valence-electron chi connectivity index (χ1n) is 6.59. The summed E-state index contributed by atoms with van der Waals surface area (Å²) in [6.45, 7) is 0. The highest BCUT2D eigenvalue weighted by Crippen LogP contribution is 2.42. The molecule has 2 aromatic rings. The van der Waals surface area contributed by atoms with Crippen LogP contribution in [0, 0.1) is 11.3 Å². The summed E-state index contributed by atoms with van der Waals surface area (Å²) in [4.78, 5) is 0. The third-order valence-corrected chi connectivity index (χ3v) is 4.95. The van der Waals surface area contributed by atoms with Gasteiger partial charge in [0.25, 0.3) is 0 Å². The van der Waals surface area contributed by atoms with Gasteiger partial charge in [-0.3, -0.25) is 0 Å². The second-order valence-electron chi connectivity index (χ2n) is 5.24. The molecule has 0 saturated heterocycles. The number of nitriles is 1. The van der Waals surface area contributed by atoms with Crippen molar-refractivity contribution >= 4 is 23.2 Å². The smallest absolute Gasteiger partial charge is 0.0868 e. The van der Waals surface area contributed by atoms with E-state index in [1.165, 1.54) is 5.56 Å². The van der Waals surface area contributed by atoms with Crippen LogP contribution in [0.3, 0.4) is 0 Å². The lowest BCUT2D eigenvalue weighted by Crippen LogP contribution is -2.24. The maximum absolute atomic E-state index is 9.76. The largest absolute Gasteiger partial charge is 0.197 e. The van der Waals surface area contributed by atoms with Crippen molar-refractivity contribution < 1.29 is 0 Å². The average Bonchev–Trinajstić information content (AvgIpc) is 2.84. The molecule has 0 fully saturated rings. The van der Waals surface area contributed by atoms with E-state index in [1.807, 2.05) is 24.3 Å². The fourth-order valence-corrected chi connectivity index (χ4v) is 3.42. The standard InChI is InChI=1S/C17H13Cl2N/c18-15-7-3-5-13(16(15)19)10-17(11-20)9-8-12-4-1-2-6-14(12)17/h1-7H,8-10H2. The maximum Gasteiger partial charge on any atom is 0.0868 e. The topological polar surface area (TPSA) is 23.8 Å². The van der Waals surface area contributed by atoms with E-state index < -0.39 is 5.41 Å². The molecule has 0 amide bonds. The summed E-state index contributed by atoms with van der Waals surface area (Å²) in [5.41, 5.74) is 2.87. The van der Waals surface area contributed by atoms with Crippen LogP contribution in [0.4, 0.5) is 0 Å². The van der Waals surface area contributed by atoms with Gasteiger partial charge in [-0.25, -0.2) is 0 Å².